The third-order valence-corrected chi connectivity index (χ3v) is 2.80. The maximum Gasteiger partial charge on any atom is 0.414 e. The van der Waals surface area contributed by atoms with E-state index in [0.29, 0.717) is 9.26 Å². The minimum Gasteiger partial charge on any atom is -0.443 e. The van der Waals surface area contributed by atoms with Gasteiger partial charge in [-0.15, -0.1) is 0 Å². The molecule has 0 spiro atoms. The Morgan fingerprint density at radius 2 is 2.00 bits per heavy atom. The van der Waals surface area contributed by atoms with Crippen LogP contribution >= 0.6 is 22.6 Å². The largest absolute Gasteiger partial charge is 0.443 e. The Morgan fingerprint density at radius 1 is 1.41 bits per heavy atom. The molecule has 0 bridgehead atoms. The van der Waals surface area contributed by atoms with Gasteiger partial charge in [0.15, 0.2) is 0 Å². The molecule has 1 rings (SSSR count). The fourth-order valence-electron chi connectivity index (χ4n) is 1.18. The van der Waals surface area contributed by atoms with Crippen LogP contribution in [0, 0.1) is 9.39 Å². The van der Waals surface area contributed by atoms with Gasteiger partial charge in [0.2, 0.25) is 0 Å². The molecular formula is C12H15FINO2. The van der Waals surface area contributed by atoms with Crippen LogP contribution in [-0.2, 0) is 4.74 Å². The lowest BCUT2D eigenvalue weighted by Gasteiger charge is -2.25. The Labute approximate surface area is 114 Å². The molecule has 0 saturated heterocycles. The lowest BCUT2D eigenvalue weighted by Crippen LogP contribution is -2.34. The van der Waals surface area contributed by atoms with Gasteiger partial charge in [-0.1, -0.05) is 0 Å². The Balaban J connectivity index is 2.89. The van der Waals surface area contributed by atoms with Gasteiger partial charge >= 0.3 is 6.09 Å². The van der Waals surface area contributed by atoms with Gasteiger partial charge in [0.05, 0.1) is 5.69 Å². The maximum absolute atomic E-state index is 12.9. The minimum absolute atomic E-state index is 0.323. The first-order valence-corrected chi connectivity index (χ1v) is 6.20. The van der Waals surface area contributed by atoms with Crippen LogP contribution < -0.4 is 4.90 Å². The molecule has 0 aliphatic carbocycles. The first-order valence-electron chi connectivity index (χ1n) is 5.12. The standard InChI is InChI=1S/C12H15FINO2/c1-12(2,3)17-11(16)15(4)10-6-5-8(13)7-9(10)14/h5-7H,1-4H3. The highest BCUT2D eigenvalue weighted by Crippen LogP contribution is 2.23. The van der Waals surface area contributed by atoms with E-state index >= 15 is 0 Å². The Bertz CT molecular complexity index is 429. The number of ether oxygens (including phenoxy) is 1. The zero-order valence-electron chi connectivity index (χ0n) is 10.3. The van der Waals surface area contributed by atoms with Crippen molar-refractivity contribution in [3.05, 3.63) is 27.6 Å². The van der Waals surface area contributed by atoms with Crippen molar-refractivity contribution in [2.24, 2.45) is 0 Å². The molecule has 94 valence electrons. The summed E-state index contributed by atoms with van der Waals surface area (Å²) in [6, 6.07) is 4.25. The van der Waals surface area contributed by atoms with Crippen LogP contribution in [0.15, 0.2) is 18.2 Å². The van der Waals surface area contributed by atoms with E-state index in [4.69, 9.17) is 4.74 Å². The minimum atomic E-state index is -0.545. The van der Waals surface area contributed by atoms with Crippen LogP contribution in [0.5, 0.6) is 0 Å². The van der Waals surface area contributed by atoms with Gasteiger partial charge in [0.1, 0.15) is 11.4 Å². The van der Waals surface area contributed by atoms with E-state index in [1.807, 2.05) is 22.6 Å². The number of anilines is 1. The number of nitrogens with zero attached hydrogens (tertiary/aromatic N) is 1. The molecule has 0 saturated carbocycles. The molecule has 0 atom stereocenters. The zero-order chi connectivity index (χ0) is 13.2. The summed E-state index contributed by atoms with van der Waals surface area (Å²) in [6.07, 6.45) is -0.456. The fraction of sp³-hybridized carbons (Fsp3) is 0.417. The second-order valence-electron chi connectivity index (χ2n) is 4.64. The molecule has 0 aromatic heterocycles. The highest BCUT2D eigenvalue weighted by Gasteiger charge is 2.21. The summed E-state index contributed by atoms with van der Waals surface area (Å²) in [7, 11) is 1.60. The number of hydrogen-bond acceptors (Lipinski definition) is 2. The van der Waals surface area contributed by atoms with E-state index in [9.17, 15) is 9.18 Å². The molecule has 5 heteroatoms. The van der Waals surface area contributed by atoms with Gasteiger partial charge in [-0.25, -0.2) is 9.18 Å². The molecule has 0 N–H and O–H groups in total. The third kappa shape index (κ3) is 4.14. The number of amides is 1. The zero-order valence-corrected chi connectivity index (χ0v) is 12.4. The molecule has 17 heavy (non-hydrogen) atoms. The van der Waals surface area contributed by atoms with E-state index in [-0.39, 0.29) is 5.82 Å². The molecule has 1 aromatic carbocycles. The molecule has 3 nitrogen and oxygen atoms in total. The van der Waals surface area contributed by atoms with E-state index in [0.717, 1.165) is 0 Å². The van der Waals surface area contributed by atoms with E-state index in [1.54, 1.807) is 33.9 Å². The summed E-state index contributed by atoms with van der Waals surface area (Å²) in [5.74, 6) is -0.323. The van der Waals surface area contributed by atoms with Crippen molar-refractivity contribution >= 4 is 34.4 Å². The van der Waals surface area contributed by atoms with Crippen LogP contribution in [0.4, 0.5) is 14.9 Å². The monoisotopic (exact) mass is 351 g/mol. The first kappa shape index (κ1) is 14.2. The van der Waals surface area contributed by atoms with Crippen LogP contribution in [0.25, 0.3) is 0 Å². The van der Waals surface area contributed by atoms with Crippen LogP contribution in [0.3, 0.4) is 0 Å². The number of benzene rings is 1. The molecule has 0 heterocycles. The summed E-state index contributed by atoms with van der Waals surface area (Å²) in [4.78, 5) is 13.2. The van der Waals surface area contributed by atoms with Crippen molar-refractivity contribution in [2.45, 2.75) is 26.4 Å². The molecule has 0 aliphatic heterocycles. The Hall–Kier alpha value is -0.850. The summed E-state index contributed by atoms with van der Waals surface area (Å²) >= 11 is 1.98. The van der Waals surface area contributed by atoms with Gasteiger partial charge < -0.3 is 4.74 Å². The van der Waals surface area contributed by atoms with E-state index in [1.165, 1.54) is 17.0 Å². The van der Waals surface area contributed by atoms with Crippen molar-refractivity contribution in [1.29, 1.82) is 0 Å². The topological polar surface area (TPSA) is 29.5 Å². The SMILES string of the molecule is CN(C(=O)OC(C)(C)C)c1ccc(F)cc1I. The van der Waals surface area contributed by atoms with Gasteiger partial charge in [-0.05, 0) is 61.6 Å². The first-order chi connectivity index (χ1) is 7.70. The summed E-state index contributed by atoms with van der Waals surface area (Å²) in [6.45, 7) is 5.40. The van der Waals surface area contributed by atoms with Crippen molar-refractivity contribution in [3.8, 4) is 0 Å². The summed E-state index contributed by atoms with van der Waals surface area (Å²) in [5.41, 5.74) is 0.0813. The fourth-order valence-corrected chi connectivity index (χ4v) is 2.02. The number of hydrogen-bond donors (Lipinski definition) is 0. The third-order valence-electron chi connectivity index (χ3n) is 1.94. The highest BCUT2D eigenvalue weighted by molar-refractivity contribution is 14.1. The predicted molar refractivity (Wildman–Crippen MR) is 73.8 cm³/mol. The van der Waals surface area contributed by atoms with Crippen molar-refractivity contribution in [1.82, 2.24) is 0 Å². The van der Waals surface area contributed by atoms with Gasteiger partial charge in [0, 0.05) is 10.6 Å². The van der Waals surface area contributed by atoms with E-state index < -0.39 is 11.7 Å². The second kappa shape index (κ2) is 5.20. The number of carbonyl (C=O) groups excluding carboxylic acids is 1. The van der Waals surface area contributed by atoms with Crippen LogP contribution in [-0.4, -0.2) is 18.7 Å². The molecule has 0 aliphatic rings. The molecule has 0 fully saturated rings. The summed E-state index contributed by atoms with van der Waals surface area (Å²) in [5, 5.41) is 0. The number of rotatable bonds is 1. The molecule has 0 radical (unpaired) electrons. The van der Waals surface area contributed by atoms with Crippen molar-refractivity contribution in [3.63, 3.8) is 0 Å². The molecule has 1 aromatic rings. The maximum atomic E-state index is 12.9. The lowest BCUT2D eigenvalue weighted by atomic mass is 10.2. The van der Waals surface area contributed by atoms with Gasteiger partial charge in [-0.2, -0.15) is 0 Å². The average Bonchev–Trinajstić information content (AvgIpc) is 2.14. The Morgan fingerprint density at radius 3 is 2.47 bits per heavy atom. The predicted octanol–water partition coefficient (Wildman–Crippen LogP) is 3.80. The molecule has 1 amide bonds. The molecule has 0 unspecified atom stereocenters. The van der Waals surface area contributed by atoms with Crippen LogP contribution in [0.2, 0.25) is 0 Å². The second-order valence-corrected chi connectivity index (χ2v) is 5.80. The van der Waals surface area contributed by atoms with Gasteiger partial charge in [-0.3, -0.25) is 4.90 Å². The quantitative estimate of drug-likeness (QED) is 0.721. The van der Waals surface area contributed by atoms with Crippen molar-refractivity contribution < 1.29 is 13.9 Å². The normalized spacial score (nSPS) is 11.2. The van der Waals surface area contributed by atoms with Gasteiger partial charge in [0.25, 0.3) is 0 Å². The summed E-state index contributed by atoms with van der Waals surface area (Å²) < 4.78 is 18.8. The average molecular weight is 351 g/mol. The Kier molecular flexibility index (Phi) is 4.35. The van der Waals surface area contributed by atoms with Crippen molar-refractivity contribution in [2.75, 3.05) is 11.9 Å². The number of halogens is 2. The highest BCUT2D eigenvalue weighted by atomic mass is 127. The smallest absolute Gasteiger partial charge is 0.414 e. The number of carbonyl (C=O) groups is 1. The lowest BCUT2D eigenvalue weighted by molar-refractivity contribution is 0.0589. The van der Waals surface area contributed by atoms with E-state index in [2.05, 4.69) is 0 Å². The van der Waals surface area contributed by atoms with Crippen LogP contribution in [0.1, 0.15) is 20.8 Å². The molecular weight excluding hydrogens is 336 g/mol.